The molecule has 1 rings (SSSR count). The number of carboxylic acids is 1. The monoisotopic (exact) mass is 196 g/mol. The Balaban J connectivity index is 2.98. The minimum atomic E-state index is -0.856. The predicted molar refractivity (Wildman–Crippen MR) is 54.5 cm³/mol. The second kappa shape index (κ2) is 4.33. The SMILES string of the molecule is CCSc1ccc(C(=O)O)c(C)c1. The first-order chi connectivity index (χ1) is 6.15. The molecule has 13 heavy (non-hydrogen) atoms. The zero-order chi connectivity index (χ0) is 9.84. The number of rotatable bonds is 3. The van der Waals surface area contributed by atoms with Crippen molar-refractivity contribution in [3.63, 3.8) is 0 Å². The van der Waals surface area contributed by atoms with Crippen LogP contribution in [0.1, 0.15) is 22.8 Å². The maximum absolute atomic E-state index is 10.7. The molecule has 0 aliphatic carbocycles. The molecule has 1 aromatic rings. The maximum Gasteiger partial charge on any atom is 0.335 e. The lowest BCUT2D eigenvalue weighted by Crippen LogP contribution is -1.99. The van der Waals surface area contributed by atoms with E-state index < -0.39 is 5.97 Å². The summed E-state index contributed by atoms with van der Waals surface area (Å²) in [7, 11) is 0. The molecule has 1 N–H and O–H groups in total. The van der Waals surface area contributed by atoms with Crippen molar-refractivity contribution in [1.82, 2.24) is 0 Å². The highest BCUT2D eigenvalue weighted by molar-refractivity contribution is 7.99. The van der Waals surface area contributed by atoms with E-state index in [1.807, 2.05) is 19.1 Å². The summed E-state index contributed by atoms with van der Waals surface area (Å²) in [4.78, 5) is 11.8. The Morgan fingerprint density at radius 2 is 2.23 bits per heavy atom. The molecule has 0 atom stereocenters. The fraction of sp³-hybridized carbons (Fsp3) is 0.300. The molecule has 2 nitrogen and oxygen atoms in total. The topological polar surface area (TPSA) is 37.3 Å². The van der Waals surface area contributed by atoms with Gasteiger partial charge in [0.2, 0.25) is 0 Å². The predicted octanol–water partition coefficient (Wildman–Crippen LogP) is 2.81. The molecule has 0 spiro atoms. The van der Waals surface area contributed by atoms with E-state index in [2.05, 4.69) is 6.92 Å². The van der Waals surface area contributed by atoms with Gasteiger partial charge in [-0.15, -0.1) is 11.8 Å². The highest BCUT2D eigenvalue weighted by Crippen LogP contribution is 2.20. The third kappa shape index (κ3) is 2.49. The summed E-state index contributed by atoms with van der Waals surface area (Å²) in [5.41, 5.74) is 1.21. The zero-order valence-electron chi connectivity index (χ0n) is 7.70. The van der Waals surface area contributed by atoms with Gasteiger partial charge in [0.1, 0.15) is 0 Å². The van der Waals surface area contributed by atoms with E-state index >= 15 is 0 Å². The van der Waals surface area contributed by atoms with E-state index in [1.54, 1.807) is 17.8 Å². The molecule has 3 heteroatoms. The number of carbonyl (C=O) groups is 1. The third-order valence-electron chi connectivity index (χ3n) is 1.74. The third-order valence-corrected chi connectivity index (χ3v) is 2.62. The van der Waals surface area contributed by atoms with E-state index in [0.29, 0.717) is 5.56 Å². The van der Waals surface area contributed by atoms with Crippen molar-refractivity contribution in [3.8, 4) is 0 Å². The van der Waals surface area contributed by atoms with Crippen molar-refractivity contribution in [2.45, 2.75) is 18.7 Å². The molecular weight excluding hydrogens is 184 g/mol. The second-order valence-corrected chi connectivity index (χ2v) is 4.05. The normalized spacial score (nSPS) is 10.0. The number of hydrogen-bond donors (Lipinski definition) is 1. The summed E-state index contributed by atoms with van der Waals surface area (Å²) in [5.74, 6) is 0.150. The Morgan fingerprint density at radius 1 is 1.54 bits per heavy atom. The van der Waals surface area contributed by atoms with Gasteiger partial charge in [0, 0.05) is 4.90 Å². The number of hydrogen-bond acceptors (Lipinski definition) is 2. The standard InChI is InChI=1S/C10H12O2S/c1-3-13-8-4-5-9(10(11)12)7(2)6-8/h4-6H,3H2,1-2H3,(H,11,12). The lowest BCUT2D eigenvalue weighted by atomic mass is 10.1. The smallest absolute Gasteiger partial charge is 0.335 e. The molecule has 0 saturated heterocycles. The fourth-order valence-electron chi connectivity index (χ4n) is 1.13. The minimum Gasteiger partial charge on any atom is -0.478 e. The number of aromatic carboxylic acids is 1. The molecule has 0 aliphatic rings. The van der Waals surface area contributed by atoms with Gasteiger partial charge in [-0.1, -0.05) is 6.92 Å². The molecule has 0 unspecified atom stereocenters. The van der Waals surface area contributed by atoms with Crippen LogP contribution in [0.3, 0.4) is 0 Å². The van der Waals surface area contributed by atoms with Crippen LogP contribution in [0.2, 0.25) is 0 Å². The summed E-state index contributed by atoms with van der Waals surface area (Å²) in [6.45, 7) is 3.90. The summed E-state index contributed by atoms with van der Waals surface area (Å²) < 4.78 is 0. The van der Waals surface area contributed by atoms with Gasteiger partial charge >= 0.3 is 5.97 Å². The van der Waals surface area contributed by atoms with E-state index in [4.69, 9.17) is 5.11 Å². The molecule has 70 valence electrons. The van der Waals surface area contributed by atoms with E-state index in [-0.39, 0.29) is 0 Å². The van der Waals surface area contributed by atoms with E-state index in [0.717, 1.165) is 16.2 Å². The zero-order valence-corrected chi connectivity index (χ0v) is 8.52. The van der Waals surface area contributed by atoms with Crippen LogP contribution in [-0.4, -0.2) is 16.8 Å². The highest BCUT2D eigenvalue weighted by Gasteiger charge is 2.06. The molecule has 0 bridgehead atoms. The van der Waals surface area contributed by atoms with Gasteiger partial charge in [-0.25, -0.2) is 4.79 Å². The van der Waals surface area contributed by atoms with Crippen LogP contribution in [0.15, 0.2) is 23.1 Å². The fourth-order valence-corrected chi connectivity index (χ4v) is 1.89. The van der Waals surface area contributed by atoms with Crippen LogP contribution in [0.25, 0.3) is 0 Å². The number of thioether (sulfide) groups is 1. The maximum atomic E-state index is 10.7. The lowest BCUT2D eigenvalue weighted by molar-refractivity contribution is 0.0696. The average Bonchev–Trinajstić information content (AvgIpc) is 2.04. The van der Waals surface area contributed by atoms with E-state index in [9.17, 15) is 4.79 Å². The molecule has 0 aromatic heterocycles. The minimum absolute atomic E-state index is 0.389. The molecular formula is C10H12O2S. The Kier molecular flexibility index (Phi) is 3.37. The van der Waals surface area contributed by atoms with Crippen LogP contribution < -0.4 is 0 Å². The molecule has 0 heterocycles. The summed E-state index contributed by atoms with van der Waals surface area (Å²) in [6, 6.07) is 5.43. The van der Waals surface area contributed by atoms with Crippen LogP contribution in [0, 0.1) is 6.92 Å². The quantitative estimate of drug-likeness (QED) is 0.755. The van der Waals surface area contributed by atoms with Crippen molar-refractivity contribution in [2.75, 3.05) is 5.75 Å². The van der Waals surface area contributed by atoms with Gasteiger partial charge in [0.25, 0.3) is 0 Å². The number of benzene rings is 1. The first-order valence-corrected chi connectivity index (χ1v) is 5.10. The van der Waals surface area contributed by atoms with Crippen molar-refractivity contribution in [1.29, 1.82) is 0 Å². The first kappa shape index (κ1) is 10.1. The number of aryl methyl sites for hydroxylation is 1. The highest BCUT2D eigenvalue weighted by atomic mass is 32.2. The molecule has 0 radical (unpaired) electrons. The van der Waals surface area contributed by atoms with Gasteiger partial charge in [-0.2, -0.15) is 0 Å². The Labute approximate surface area is 82.0 Å². The average molecular weight is 196 g/mol. The summed E-state index contributed by atoms with van der Waals surface area (Å²) in [6.07, 6.45) is 0. The first-order valence-electron chi connectivity index (χ1n) is 4.12. The lowest BCUT2D eigenvalue weighted by Gasteiger charge is -2.03. The van der Waals surface area contributed by atoms with Crippen LogP contribution in [0.5, 0.6) is 0 Å². The summed E-state index contributed by atoms with van der Waals surface area (Å²) in [5, 5.41) is 8.78. The van der Waals surface area contributed by atoms with Crippen LogP contribution in [-0.2, 0) is 0 Å². The molecule has 0 aliphatic heterocycles. The van der Waals surface area contributed by atoms with Crippen LogP contribution in [0.4, 0.5) is 0 Å². The van der Waals surface area contributed by atoms with Crippen molar-refractivity contribution in [2.24, 2.45) is 0 Å². The van der Waals surface area contributed by atoms with E-state index in [1.165, 1.54) is 0 Å². The largest absolute Gasteiger partial charge is 0.478 e. The van der Waals surface area contributed by atoms with Gasteiger partial charge in [-0.3, -0.25) is 0 Å². The molecule has 0 saturated carbocycles. The van der Waals surface area contributed by atoms with Gasteiger partial charge in [0.05, 0.1) is 5.56 Å². The Morgan fingerprint density at radius 3 is 2.69 bits per heavy atom. The molecule has 0 fully saturated rings. The summed E-state index contributed by atoms with van der Waals surface area (Å²) >= 11 is 1.72. The van der Waals surface area contributed by atoms with Gasteiger partial charge < -0.3 is 5.11 Å². The van der Waals surface area contributed by atoms with Crippen molar-refractivity contribution >= 4 is 17.7 Å². The van der Waals surface area contributed by atoms with Crippen molar-refractivity contribution < 1.29 is 9.90 Å². The molecule has 1 aromatic carbocycles. The van der Waals surface area contributed by atoms with Gasteiger partial charge in [-0.05, 0) is 36.4 Å². The Hall–Kier alpha value is -0.960. The Bertz CT molecular complexity index is 321. The van der Waals surface area contributed by atoms with Crippen molar-refractivity contribution in [3.05, 3.63) is 29.3 Å². The second-order valence-electron chi connectivity index (χ2n) is 2.71. The number of carboxylic acid groups (broad SMARTS) is 1. The van der Waals surface area contributed by atoms with Crippen LogP contribution >= 0.6 is 11.8 Å². The molecule has 0 amide bonds. The van der Waals surface area contributed by atoms with Gasteiger partial charge in [0.15, 0.2) is 0 Å².